The lowest BCUT2D eigenvalue weighted by molar-refractivity contribution is -0.173. The van der Waals surface area contributed by atoms with Crippen molar-refractivity contribution in [3.05, 3.63) is 24.3 Å². The maximum atomic E-state index is 11.2. The van der Waals surface area contributed by atoms with Crippen molar-refractivity contribution in [3.63, 3.8) is 0 Å². The highest BCUT2D eigenvalue weighted by molar-refractivity contribution is 7.61. The van der Waals surface area contributed by atoms with Gasteiger partial charge in [-0.3, -0.25) is 0 Å². The van der Waals surface area contributed by atoms with Crippen LogP contribution in [-0.2, 0) is 22.5 Å². The molecule has 0 fully saturated rings. The van der Waals surface area contributed by atoms with Crippen LogP contribution < -0.4 is 4.89 Å². The molecular formula is C5H7O9P3. The highest BCUT2D eigenvalue weighted by Gasteiger charge is 2.49. The van der Waals surface area contributed by atoms with E-state index in [-0.39, 0.29) is 0 Å². The van der Waals surface area contributed by atoms with Crippen molar-refractivity contribution in [2.24, 2.45) is 0 Å². The van der Waals surface area contributed by atoms with Gasteiger partial charge in [0.05, 0.1) is 0 Å². The summed E-state index contributed by atoms with van der Waals surface area (Å²) in [6, 6.07) is 0. The summed E-state index contributed by atoms with van der Waals surface area (Å²) < 4.78 is 40.2. The topological polar surface area (TPSA) is 153 Å². The Kier molecular flexibility index (Phi) is 4.21. The van der Waals surface area contributed by atoms with Gasteiger partial charge in [0.2, 0.25) is 0 Å². The minimum absolute atomic E-state index is 0.921. The quantitative estimate of drug-likeness (QED) is 0.601. The van der Waals surface area contributed by atoms with Crippen LogP contribution in [0.3, 0.4) is 0 Å². The Labute approximate surface area is 96.1 Å². The fourth-order valence-electron chi connectivity index (χ4n) is 0.994. The lowest BCUT2D eigenvalue weighted by Crippen LogP contribution is -2.24. The molecule has 1 rings (SSSR count). The van der Waals surface area contributed by atoms with Crippen LogP contribution in [0.1, 0.15) is 0 Å². The molecule has 1 aliphatic carbocycles. The van der Waals surface area contributed by atoms with E-state index in [2.05, 4.69) is 8.83 Å². The van der Waals surface area contributed by atoms with E-state index in [1.165, 1.54) is 12.2 Å². The van der Waals surface area contributed by atoms with E-state index in [4.69, 9.17) is 14.7 Å². The van der Waals surface area contributed by atoms with E-state index in [1.54, 1.807) is 0 Å². The van der Waals surface area contributed by atoms with Crippen molar-refractivity contribution in [1.82, 2.24) is 0 Å². The third-order valence-corrected chi connectivity index (χ3v) is 4.85. The first-order valence-electron chi connectivity index (χ1n) is 3.88. The van der Waals surface area contributed by atoms with Gasteiger partial charge in [0, 0.05) is 12.2 Å². The second-order valence-corrected chi connectivity index (χ2v) is 6.83. The number of allylic oxidation sites excluding steroid dienone is 2. The van der Waals surface area contributed by atoms with Gasteiger partial charge >= 0.3 is 29.0 Å². The Balaban J connectivity index is 2.93. The largest absolute Gasteiger partial charge is 0.593 e. The fraction of sp³-hybridized carbons (Fsp3) is 0.200. The molecule has 0 heterocycles. The monoisotopic (exact) mass is 304 g/mol. The highest BCUT2D eigenvalue weighted by Crippen LogP contribution is 2.62. The Hall–Kier alpha value is -0.200. The van der Waals surface area contributed by atoms with Gasteiger partial charge in [-0.15, -0.1) is 0 Å². The zero-order chi connectivity index (χ0) is 13.3. The second-order valence-electron chi connectivity index (χ2n) is 2.86. The molecule has 2 unspecified atom stereocenters. The molecule has 0 aromatic heterocycles. The van der Waals surface area contributed by atoms with Crippen molar-refractivity contribution >= 4 is 23.7 Å². The van der Waals surface area contributed by atoms with Gasteiger partial charge in [0.1, 0.15) is 0 Å². The third kappa shape index (κ3) is 4.19. The van der Waals surface area contributed by atoms with Gasteiger partial charge in [-0.05, 0) is 0 Å². The second kappa shape index (κ2) is 4.82. The minimum atomic E-state index is -5.29. The number of hydrogen-bond acceptors (Lipinski definition) is 6. The molecule has 0 bridgehead atoms. The van der Waals surface area contributed by atoms with E-state index >= 15 is 0 Å². The normalized spacial score (nSPS) is 22.5. The maximum absolute atomic E-state index is 11.2. The molecule has 0 saturated carbocycles. The molecule has 2 atom stereocenters. The Morgan fingerprint density at radius 1 is 1.18 bits per heavy atom. The summed E-state index contributed by atoms with van der Waals surface area (Å²) in [5, 5.41) is -2.24. The summed E-state index contributed by atoms with van der Waals surface area (Å²) in [4.78, 5) is 36.6. The molecule has 0 aliphatic heterocycles. The summed E-state index contributed by atoms with van der Waals surface area (Å²) >= 11 is 0. The molecule has 0 saturated heterocycles. The molecule has 0 aromatic rings. The van der Waals surface area contributed by atoms with Gasteiger partial charge in [0.25, 0.3) is 0 Å². The van der Waals surface area contributed by atoms with E-state index < -0.39 is 29.0 Å². The van der Waals surface area contributed by atoms with Crippen molar-refractivity contribution in [2.45, 2.75) is 5.34 Å². The van der Waals surface area contributed by atoms with Gasteiger partial charge in [-0.25, -0.2) is 13.7 Å². The molecule has 3 N–H and O–H groups in total. The molecule has 0 amide bonds. The summed E-state index contributed by atoms with van der Waals surface area (Å²) in [7, 11) is -13.9. The molecule has 12 heteroatoms. The summed E-state index contributed by atoms with van der Waals surface area (Å²) in [6.07, 6.45) is 4.29. The van der Waals surface area contributed by atoms with E-state index in [0.717, 1.165) is 12.2 Å². The summed E-state index contributed by atoms with van der Waals surface area (Å²) in [6.45, 7) is 0. The van der Waals surface area contributed by atoms with Crippen molar-refractivity contribution in [2.75, 3.05) is 0 Å². The third-order valence-electron chi connectivity index (χ3n) is 1.54. The summed E-state index contributed by atoms with van der Waals surface area (Å²) in [5.41, 5.74) is 0. The van der Waals surface area contributed by atoms with Crippen LogP contribution in [0.15, 0.2) is 24.3 Å². The van der Waals surface area contributed by atoms with Crippen molar-refractivity contribution < 1.29 is 42.1 Å². The van der Waals surface area contributed by atoms with Crippen LogP contribution in [0.25, 0.3) is 0 Å². The highest BCUT2D eigenvalue weighted by atomic mass is 31.3. The smallest absolute Gasteiger partial charge is 0.485 e. The zero-order valence-electron chi connectivity index (χ0n) is 7.94. The van der Waals surface area contributed by atoms with Crippen molar-refractivity contribution in [3.8, 4) is 0 Å². The zero-order valence-corrected chi connectivity index (χ0v) is 10.6. The first-order chi connectivity index (χ1) is 7.56. The van der Waals surface area contributed by atoms with Crippen LogP contribution in [0, 0.1) is 0 Å². The number of phosphoric ester groups is 1. The predicted molar refractivity (Wildman–Crippen MR) is 52.7 cm³/mol. The minimum Gasteiger partial charge on any atom is -0.593 e. The number of phosphoric acid groups is 2. The Bertz CT molecular complexity index is 461. The van der Waals surface area contributed by atoms with E-state index in [9.17, 15) is 18.6 Å². The van der Waals surface area contributed by atoms with Crippen LogP contribution in [-0.4, -0.2) is 20.0 Å². The Morgan fingerprint density at radius 3 is 2.00 bits per heavy atom. The molecule has 9 nitrogen and oxygen atoms in total. The van der Waals surface area contributed by atoms with Gasteiger partial charge < -0.3 is 19.6 Å². The molecular weight excluding hydrogens is 297 g/mol. The number of rotatable bonds is 5. The van der Waals surface area contributed by atoms with Crippen LogP contribution in [0.5, 0.6) is 0 Å². The van der Waals surface area contributed by atoms with Crippen LogP contribution >= 0.6 is 23.7 Å². The molecule has 0 radical (unpaired) electrons. The van der Waals surface area contributed by atoms with Crippen LogP contribution in [0.4, 0.5) is 0 Å². The van der Waals surface area contributed by atoms with Crippen LogP contribution in [0.2, 0.25) is 0 Å². The SMILES string of the molecule is O=[P+]([O-])C1(OP(=O)(O)OP(=O)(O)O)C=CC=C1. The standard InChI is InChI=1S/C5H7O9P3/c6-15(7)5(3-1-2-4-5)13-17(11,12)14-16(8,9)10/h1-4H,(H,11,12)(H2,8,9,10). The van der Waals surface area contributed by atoms with Gasteiger partial charge in [0.15, 0.2) is 0 Å². The molecule has 0 spiro atoms. The van der Waals surface area contributed by atoms with Crippen molar-refractivity contribution in [1.29, 1.82) is 0 Å². The first-order valence-corrected chi connectivity index (χ1v) is 8.09. The molecule has 17 heavy (non-hydrogen) atoms. The lowest BCUT2D eigenvalue weighted by Gasteiger charge is -2.19. The predicted octanol–water partition coefficient (Wildman–Crippen LogP) is 0.138. The first kappa shape index (κ1) is 14.9. The lowest BCUT2D eigenvalue weighted by atomic mass is 10.4. The van der Waals surface area contributed by atoms with Gasteiger partial charge in [-0.1, -0.05) is 16.7 Å². The Morgan fingerprint density at radius 2 is 1.65 bits per heavy atom. The summed E-state index contributed by atoms with van der Waals surface area (Å²) in [5.74, 6) is 0. The fourth-order valence-corrected chi connectivity index (χ4v) is 3.69. The maximum Gasteiger partial charge on any atom is 0.485 e. The van der Waals surface area contributed by atoms with E-state index in [0.29, 0.717) is 0 Å². The van der Waals surface area contributed by atoms with Gasteiger partial charge in [-0.2, -0.15) is 4.31 Å². The molecule has 0 aromatic carbocycles. The molecule has 96 valence electrons. The average Bonchev–Trinajstić information content (AvgIpc) is 2.47. The van der Waals surface area contributed by atoms with E-state index in [1.807, 2.05) is 0 Å². The average molecular weight is 304 g/mol. The molecule has 1 aliphatic rings. The number of hydrogen-bond donors (Lipinski definition) is 3.